The molecule has 5 nitrogen and oxygen atoms in total. The molecule has 2 bridgehead atoms. The van der Waals surface area contributed by atoms with Crippen LogP contribution in [0.1, 0.15) is 33.1 Å². The molecule has 0 aromatic carbocycles. The number of hydrogen-bond acceptors (Lipinski definition) is 3. The number of amides is 2. The molecule has 2 saturated heterocycles. The second-order valence-electron chi connectivity index (χ2n) is 6.46. The van der Waals surface area contributed by atoms with Gasteiger partial charge < -0.3 is 15.0 Å². The molecule has 2 atom stereocenters. The third-order valence-corrected chi connectivity index (χ3v) is 4.41. The normalized spacial score (nSPS) is 33.0. The molecule has 2 aliphatic heterocycles. The van der Waals surface area contributed by atoms with Crippen LogP contribution in [0.2, 0.25) is 0 Å². The summed E-state index contributed by atoms with van der Waals surface area (Å²) in [5, 5.41) is 2.94. The van der Waals surface area contributed by atoms with E-state index in [2.05, 4.69) is 5.32 Å². The molecule has 2 amide bonds. The summed E-state index contributed by atoms with van der Waals surface area (Å²) in [5.41, 5.74) is -0.334. The average molecular weight is 266 g/mol. The number of fused-ring (bicyclic) bond motifs is 2. The lowest BCUT2D eigenvalue weighted by Gasteiger charge is -2.33. The predicted molar refractivity (Wildman–Crippen MR) is 69.4 cm³/mol. The second-order valence-corrected chi connectivity index (χ2v) is 6.46. The van der Waals surface area contributed by atoms with Crippen molar-refractivity contribution in [3.05, 3.63) is 0 Å². The van der Waals surface area contributed by atoms with Crippen molar-refractivity contribution in [1.29, 1.82) is 0 Å². The highest BCUT2D eigenvalue weighted by atomic mass is 16.5. The fourth-order valence-electron chi connectivity index (χ4n) is 3.02. The Kier molecular flexibility index (Phi) is 3.04. The van der Waals surface area contributed by atoms with E-state index in [1.807, 2.05) is 18.7 Å². The minimum Gasteiger partial charge on any atom is -0.369 e. The number of likely N-dealkylation sites (tertiary alicyclic amines) is 1. The quantitative estimate of drug-likeness (QED) is 0.808. The van der Waals surface area contributed by atoms with Gasteiger partial charge in [-0.1, -0.05) is 13.8 Å². The highest BCUT2D eigenvalue weighted by molar-refractivity contribution is 5.82. The molecule has 0 radical (unpaired) electrons. The van der Waals surface area contributed by atoms with Crippen LogP contribution in [0.4, 0.5) is 0 Å². The Bertz CT molecular complexity index is 405. The zero-order valence-corrected chi connectivity index (χ0v) is 11.6. The Labute approximate surface area is 113 Å². The van der Waals surface area contributed by atoms with Gasteiger partial charge in [-0.05, 0) is 12.8 Å². The maximum Gasteiger partial charge on any atom is 0.226 e. The zero-order chi connectivity index (χ0) is 13.6. The summed E-state index contributed by atoms with van der Waals surface area (Å²) >= 11 is 0. The first kappa shape index (κ1) is 12.9. The molecular formula is C14H22N2O3. The van der Waals surface area contributed by atoms with Crippen molar-refractivity contribution < 1.29 is 14.3 Å². The third kappa shape index (κ3) is 2.36. The van der Waals surface area contributed by atoms with E-state index in [4.69, 9.17) is 4.74 Å². The highest BCUT2D eigenvalue weighted by Gasteiger charge is 2.54. The van der Waals surface area contributed by atoms with Crippen LogP contribution in [0.5, 0.6) is 0 Å². The molecule has 19 heavy (non-hydrogen) atoms. The SMILES string of the molecule is CC(C)C(=O)NCC12CC(CO1)N(C(=O)C1CC1)C2. The van der Waals surface area contributed by atoms with Gasteiger partial charge in [-0.25, -0.2) is 0 Å². The first-order valence-electron chi connectivity index (χ1n) is 7.23. The van der Waals surface area contributed by atoms with Crippen molar-refractivity contribution in [3.63, 3.8) is 0 Å². The summed E-state index contributed by atoms with van der Waals surface area (Å²) < 4.78 is 5.84. The molecule has 3 aliphatic rings. The van der Waals surface area contributed by atoms with E-state index in [1.165, 1.54) is 0 Å². The molecule has 1 aliphatic carbocycles. The lowest BCUT2D eigenvalue weighted by molar-refractivity contribution is -0.140. The molecule has 3 rings (SSSR count). The zero-order valence-electron chi connectivity index (χ0n) is 11.6. The van der Waals surface area contributed by atoms with E-state index in [0.717, 1.165) is 19.3 Å². The maximum atomic E-state index is 12.2. The van der Waals surface area contributed by atoms with E-state index >= 15 is 0 Å². The van der Waals surface area contributed by atoms with Gasteiger partial charge in [0.2, 0.25) is 11.8 Å². The minimum atomic E-state index is -0.334. The fourth-order valence-corrected chi connectivity index (χ4v) is 3.02. The Hall–Kier alpha value is -1.10. The van der Waals surface area contributed by atoms with Crippen LogP contribution in [0.3, 0.4) is 0 Å². The van der Waals surface area contributed by atoms with Crippen molar-refractivity contribution >= 4 is 11.8 Å². The number of rotatable bonds is 4. The first-order valence-corrected chi connectivity index (χ1v) is 7.23. The van der Waals surface area contributed by atoms with Gasteiger partial charge in [0.05, 0.1) is 19.2 Å². The number of carbonyl (C=O) groups is 2. The average Bonchev–Trinajstić information content (AvgIpc) is 3.07. The monoisotopic (exact) mass is 266 g/mol. The number of carbonyl (C=O) groups excluding carboxylic acids is 2. The molecule has 106 valence electrons. The summed E-state index contributed by atoms with van der Waals surface area (Å²) in [6, 6.07) is 0.226. The predicted octanol–water partition coefficient (Wildman–Crippen LogP) is 0.538. The minimum absolute atomic E-state index is 0.0146. The van der Waals surface area contributed by atoms with E-state index in [9.17, 15) is 9.59 Å². The number of ether oxygens (including phenoxy) is 1. The highest BCUT2D eigenvalue weighted by Crippen LogP contribution is 2.41. The van der Waals surface area contributed by atoms with Crippen molar-refractivity contribution in [2.45, 2.75) is 44.8 Å². The molecule has 2 unspecified atom stereocenters. The summed E-state index contributed by atoms with van der Waals surface area (Å²) in [6.07, 6.45) is 2.95. The largest absolute Gasteiger partial charge is 0.369 e. The van der Waals surface area contributed by atoms with E-state index < -0.39 is 0 Å². The lowest BCUT2D eigenvalue weighted by Crippen LogP contribution is -2.51. The van der Waals surface area contributed by atoms with Crippen LogP contribution in [0.25, 0.3) is 0 Å². The van der Waals surface area contributed by atoms with Gasteiger partial charge in [0, 0.05) is 24.8 Å². The van der Waals surface area contributed by atoms with Gasteiger partial charge in [-0.15, -0.1) is 0 Å². The molecule has 2 heterocycles. The van der Waals surface area contributed by atoms with Crippen LogP contribution in [-0.4, -0.2) is 48.1 Å². The van der Waals surface area contributed by atoms with Gasteiger partial charge in [0.25, 0.3) is 0 Å². The molecule has 0 aromatic rings. The van der Waals surface area contributed by atoms with E-state index in [-0.39, 0.29) is 29.4 Å². The smallest absolute Gasteiger partial charge is 0.226 e. The summed E-state index contributed by atoms with van der Waals surface area (Å²) in [4.78, 5) is 25.8. The molecular weight excluding hydrogens is 244 g/mol. The van der Waals surface area contributed by atoms with Gasteiger partial charge in [-0.3, -0.25) is 9.59 Å². The van der Waals surface area contributed by atoms with Gasteiger partial charge in [0.15, 0.2) is 0 Å². The van der Waals surface area contributed by atoms with Crippen LogP contribution in [-0.2, 0) is 14.3 Å². The Morgan fingerprint density at radius 2 is 2.16 bits per heavy atom. The Morgan fingerprint density at radius 1 is 1.42 bits per heavy atom. The van der Waals surface area contributed by atoms with Crippen LogP contribution in [0.15, 0.2) is 0 Å². The van der Waals surface area contributed by atoms with E-state index in [0.29, 0.717) is 25.6 Å². The topological polar surface area (TPSA) is 58.6 Å². The van der Waals surface area contributed by atoms with Crippen molar-refractivity contribution in [2.24, 2.45) is 11.8 Å². The van der Waals surface area contributed by atoms with Crippen molar-refractivity contribution in [1.82, 2.24) is 10.2 Å². The Balaban J connectivity index is 1.59. The lowest BCUT2D eigenvalue weighted by atomic mass is 10.0. The number of morpholine rings is 1. The van der Waals surface area contributed by atoms with E-state index in [1.54, 1.807) is 0 Å². The van der Waals surface area contributed by atoms with Gasteiger partial charge >= 0.3 is 0 Å². The first-order chi connectivity index (χ1) is 9.01. The number of nitrogens with one attached hydrogen (secondary N) is 1. The molecule has 0 aromatic heterocycles. The summed E-state index contributed by atoms with van der Waals surface area (Å²) in [6.45, 7) is 5.54. The molecule has 5 heteroatoms. The third-order valence-electron chi connectivity index (χ3n) is 4.41. The van der Waals surface area contributed by atoms with Crippen molar-refractivity contribution in [3.8, 4) is 0 Å². The number of nitrogens with zero attached hydrogens (tertiary/aromatic N) is 1. The van der Waals surface area contributed by atoms with Crippen molar-refractivity contribution in [2.75, 3.05) is 19.7 Å². The molecule has 0 spiro atoms. The van der Waals surface area contributed by atoms with Crippen LogP contribution >= 0.6 is 0 Å². The Morgan fingerprint density at radius 3 is 2.79 bits per heavy atom. The maximum absolute atomic E-state index is 12.2. The van der Waals surface area contributed by atoms with Gasteiger partial charge in [-0.2, -0.15) is 0 Å². The summed E-state index contributed by atoms with van der Waals surface area (Å²) in [7, 11) is 0. The second kappa shape index (κ2) is 4.47. The summed E-state index contributed by atoms with van der Waals surface area (Å²) in [5.74, 6) is 0.597. The molecule has 1 N–H and O–H groups in total. The fraction of sp³-hybridized carbons (Fsp3) is 0.857. The molecule has 1 saturated carbocycles. The van der Waals surface area contributed by atoms with Crippen LogP contribution in [0, 0.1) is 11.8 Å². The standard InChI is InChI=1S/C14H22N2O3/c1-9(2)12(17)15-7-14-5-11(6-19-14)16(8-14)13(18)10-3-4-10/h9-11H,3-8H2,1-2H3,(H,15,17). The number of hydrogen-bond donors (Lipinski definition) is 1. The molecule has 3 fully saturated rings. The van der Waals surface area contributed by atoms with Crippen LogP contribution < -0.4 is 5.32 Å². The van der Waals surface area contributed by atoms with Gasteiger partial charge in [0.1, 0.15) is 5.60 Å².